The first-order valence-electron chi connectivity index (χ1n) is 8.88. The summed E-state index contributed by atoms with van der Waals surface area (Å²) in [6.07, 6.45) is 3.75. The molecule has 3 rings (SSSR count). The van der Waals surface area contributed by atoms with Crippen LogP contribution in [0.15, 0.2) is 46.9 Å². The van der Waals surface area contributed by atoms with Gasteiger partial charge in [0.1, 0.15) is 11.7 Å². The van der Waals surface area contributed by atoms with Crippen molar-refractivity contribution in [2.45, 2.75) is 32.7 Å². The number of halogens is 2. The molecule has 0 radical (unpaired) electrons. The van der Waals surface area contributed by atoms with Gasteiger partial charge in [0.15, 0.2) is 0 Å². The van der Waals surface area contributed by atoms with Gasteiger partial charge in [0.05, 0.1) is 21.3 Å². The normalized spacial score (nSPS) is 19.2. The number of nitrogens with zero attached hydrogens (tertiary/aromatic N) is 3. The van der Waals surface area contributed by atoms with Crippen LogP contribution in [0, 0.1) is 12.8 Å². The molecule has 0 saturated carbocycles. The third-order valence-electron chi connectivity index (χ3n) is 5.04. The largest absolute Gasteiger partial charge is 0.481 e. The number of hydrogen-bond donors (Lipinski definition) is 2. The average molecular weight is 436 g/mol. The predicted octanol–water partition coefficient (Wildman–Crippen LogP) is 4.19. The number of aryl methyl sites for hydroxylation is 2. The van der Waals surface area contributed by atoms with Crippen LogP contribution in [0.5, 0.6) is 0 Å². The summed E-state index contributed by atoms with van der Waals surface area (Å²) in [6.45, 7) is 3.89. The van der Waals surface area contributed by atoms with E-state index in [2.05, 4.69) is 9.98 Å². The van der Waals surface area contributed by atoms with Crippen LogP contribution in [0.1, 0.15) is 30.7 Å². The number of benzene rings is 1. The van der Waals surface area contributed by atoms with Gasteiger partial charge in [-0.25, -0.2) is 9.78 Å². The van der Waals surface area contributed by atoms with Gasteiger partial charge < -0.3 is 14.8 Å². The lowest BCUT2D eigenvalue weighted by Crippen LogP contribution is -2.35. The van der Waals surface area contributed by atoms with Crippen LogP contribution in [0.3, 0.4) is 0 Å². The number of aliphatic imine (C=N–C) groups is 1. The zero-order valence-corrected chi connectivity index (χ0v) is 17.3. The van der Waals surface area contributed by atoms with Crippen LogP contribution < -0.4 is 0 Å². The summed E-state index contributed by atoms with van der Waals surface area (Å²) in [5, 5.41) is 20.2. The maximum Gasteiger partial charge on any atom is 0.334 e. The maximum atomic E-state index is 12.2. The van der Waals surface area contributed by atoms with E-state index in [9.17, 15) is 19.8 Å². The van der Waals surface area contributed by atoms with Gasteiger partial charge in [-0.15, -0.1) is 0 Å². The van der Waals surface area contributed by atoms with Gasteiger partial charge in [-0.05, 0) is 25.5 Å². The molecule has 1 aliphatic rings. The third kappa shape index (κ3) is 4.06. The number of carboxylic acid groups (broad SMARTS) is 2. The number of aliphatic carboxylic acids is 2. The molecular weight excluding hydrogens is 417 g/mol. The Labute approximate surface area is 177 Å². The average Bonchev–Trinajstić information content (AvgIpc) is 3.05. The fourth-order valence-corrected chi connectivity index (χ4v) is 4.09. The van der Waals surface area contributed by atoms with E-state index in [-0.39, 0.29) is 15.6 Å². The molecule has 2 N–H and O–H groups in total. The van der Waals surface area contributed by atoms with Crippen molar-refractivity contribution in [2.75, 3.05) is 0 Å². The van der Waals surface area contributed by atoms with E-state index in [1.54, 1.807) is 37.5 Å². The smallest absolute Gasteiger partial charge is 0.334 e. The molecule has 29 heavy (non-hydrogen) atoms. The monoisotopic (exact) mass is 435 g/mol. The topological polar surface area (TPSA) is 105 Å². The fraction of sp³-hybridized carbons (Fsp3) is 0.300. The summed E-state index contributed by atoms with van der Waals surface area (Å²) in [4.78, 5) is 32.8. The molecule has 2 unspecified atom stereocenters. The quantitative estimate of drug-likeness (QED) is 0.707. The van der Waals surface area contributed by atoms with Crippen molar-refractivity contribution in [1.82, 2.24) is 9.55 Å². The van der Waals surface area contributed by atoms with Crippen LogP contribution in [0.2, 0.25) is 10.0 Å². The highest BCUT2D eigenvalue weighted by atomic mass is 35.5. The van der Waals surface area contributed by atoms with Gasteiger partial charge in [0, 0.05) is 37.0 Å². The summed E-state index contributed by atoms with van der Waals surface area (Å²) in [7, 11) is 0. The Morgan fingerprint density at radius 3 is 2.52 bits per heavy atom. The molecule has 1 aromatic heterocycles. The lowest BCUT2D eigenvalue weighted by atomic mass is 9.75. The first-order valence-corrected chi connectivity index (χ1v) is 9.64. The maximum absolute atomic E-state index is 12.2. The van der Waals surface area contributed by atoms with Gasteiger partial charge in [-0.2, -0.15) is 0 Å². The summed E-state index contributed by atoms with van der Waals surface area (Å²) in [5.74, 6) is -3.78. The van der Waals surface area contributed by atoms with Crippen LogP contribution in [-0.2, 0) is 16.1 Å². The van der Waals surface area contributed by atoms with Crippen molar-refractivity contribution in [3.63, 3.8) is 0 Å². The fourth-order valence-electron chi connectivity index (χ4n) is 3.66. The minimum atomic E-state index is -1.23. The molecule has 2 heterocycles. The molecule has 0 bridgehead atoms. The molecule has 1 aliphatic heterocycles. The molecule has 2 aromatic rings. The van der Waals surface area contributed by atoms with Crippen LogP contribution in [-0.4, -0.2) is 37.4 Å². The highest BCUT2D eigenvalue weighted by Gasteiger charge is 2.42. The molecule has 0 saturated heterocycles. The van der Waals surface area contributed by atoms with E-state index in [1.807, 2.05) is 11.5 Å². The van der Waals surface area contributed by atoms with Gasteiger partial charge >= 0.3 is 11.9 Å². The van der Waals surface area contributed by atoms with Crippen molar-refractivity contribution in [2.24, 2.45) is 10.9 Å². The number of hydrogen-bond acceptors (Lipinski definition) is 4. The molecule has 0 spiro atoms. The minimum absolute atomic E-state index is 0.0788. The van der Waals surface area contributed by atoms with Crippen molar-refractivity contribution >= 4 is 40.9 Å². The molecule has 0 amide bonds. The third-order valence-corrected chi connectivity index (χ3v) is 5.88. The number of allylic oxidation sites excluding steroid dienone is 1. The van der Waals surface area contributed by atoms with Crippen molar-refractivity contribution < 1.29 is 19.8 Å². The first-order chi connectivity index (χ1) is 13.7. The van der Waals surface area contributed by atoms with E-state index in [0.29, 0.717) is 29.9 Å². The molecule has 9 heteroatoms. The second kappa shape index (κ2) is 8.39. The zero-order chi connectivity index (χ0) is 21.3. The van der Waals surface area contributed by atoms with E-state index >= 15 is 0 Å². The molecule has 0 fully saturated rings. The van der Waals surface area contributed by atoms with Gasteiger partial charge in [-0.1, -0.05) is 35.3 Å². The Hall–Kier alpha value is -2.64. The van der Waals surface area contributed by atoms with E-state index in [4.69, 9.17) is 23.2 Å². The number of rotatable bonds is 6. The standard InChI is InChI=1S/C20H19Cl2N3O4/c1-10-15(19(26)27)16(12-4-3-5-13(21)18(12)22)17(20(28)29)14(24-10)6-8-25-9-7-23-11(25)2/h3-5,7,9,15-16H,6,8H2,1-2H3,(H,26,27)(H,28,29). The molecule has 7 nitrogen and oxygen atoms in total. The summed E-state index contributed by atoms with van der Waals surface area (Å²) >= 11 is 12.5. The molecule has 1 aromatic carbocycles. The van der Waals surface area contributed by atoms with E-state index in [1.165, 1.54) is 0 Å². The molecular formula is C20H19Cl2N3O4. The highest BCUT2D eigenvalue weighted by Crippen LogP contribution is 2.44. The van der Waals surface area contributed by atoms with Gasteiger partial charge in [0.25, 0.3) is 0 Å². The van der Waals surface area contributed by atoms with Gasteiger partial charge in [0.2, 0.25) is 0 Å². The minimum Gasteiger partial charge on any atom is -0.481 e. The highest BCUT2D eigenvalue weighted by molar-refractivity contribution is 6.42. The number of aromatic nitrogens is 2. The van der Waals surface area contributed by atoms with Crippen molar-refractivity contribution in [3.8, 4) is 0 Å². The Balaban J connectivity index is 2.14. The van der Waals surface area contributed by atoms with Crippen LogP contribution in [0.4, 0.5) is 0 Å². The van der Waals surface area contributed by atoms with Crippen LogP contribution >= 0.6 is 23.2 Å². The molecule has 0 aliphatic carbocycles. The second-order valence-corrected chi connectivity index (χ2v) is 7.56. The summed E-state index contributed by atoms with van der Waals surface area (Å²) in [5.41, 5.74) is 0.919. The van der Waals surface area contributed by atoms with Crippen molar-refractivity contribution in [1.29, 1.82) is 0 Å². The van der Waals surface area contributed by atoms with Crippen molar-refractivity contribution in [3.05, 3.63) is 63.3 Å². The molecule has 152 valence electrons. The second-order valence-electron chi connectivity index (χ2n) is 6.77. The lowest BCUT2D eigenvalue weighted by Gasteiger charge is -2.31. The van der Waals surface area contributed by atoms with E-state index in [0.717, 1.165) is 5.82 Å². The summed E-state index contributed by atoms with van der Waals surface area (Å²) < 4.78 is 1.88. The summed E-state index contributed by atoms with van der Waals surface area (Å²) in [6, 6.07) is 4.80. The Morgan fingerprint density at radius 1 is 1.21 bits per heavy atom. The number of carbonyl (C=O) groups is 2. The molecule has 2 atom stereocenters. The predicted molar refractivity (Wildman–Crippen MR) is 110 cm³/mol. The zero-order valence-electron chi connectivity index (χ0n) is 15.8. The Kier molecular flexibility index (Phi) is 6.10. The van der Waals surface area contributed by atoms with E-state index < -0.39 is 23.8 Å². The number of carboxylic acids is 2. The number of imidazole rings is 1. The Bertz CT molecular complexity index is 1040. The lowest BCUT2D eigenvalue weighted by molar-refractivity contribution is -0.140. The Morgan fingerprint density at radius 2 is 1.93 bits per heavy atom. The van der Waals surface area contributed by atoms with Crippen LogP contribution in [0.25, 0.3) is 0 Å². The van der Waals surface area contributed by atoms with Gasteiger partial charge in [-0.3, -0.25) is 9.79 Å². The first kappa shape index (κ1) is 21.1. The SMILES string of the molecule is CC1=NC(CCn2ccnc2C)=C(C(=O)O)C(c2cccc(Cl)c2Cl)C1C(=O)O.